The van der Waals surface area contributed by atoms with Crippen LogP contribution in [0.15, 0.2) is 48.5 Å². The number of nitrogens with one attached hydrogen (secondary N) is 1. The third kappa shape index (κ3) is 6.32. The van der Waals surface area contributed by atoms with Crippen LogP contribution in [-0.4, -0.2) is 55.2 Å². The molecule has 1 aliphatic rings. The van der Waals surface area contributed by atoms with Gasteiger partial charge >= 0.3 is 5.97 Å². The van der Waals surface area contributed by atoms with Crippen molar-refractivity contribution in [2.75, 3.05) is 33.3 Å². The Bertz CT molecular complexity index is 835. The summed E-state index contributed by atoms with van der Waals surface area (Å²) < 4.78 is 5.15. The lowest BCUT2D eigenvalue weighted by Gasteiger charge is -2.16. The highest BCUT2D eigenvalue weighted by Crippen LogP contribution is 2.21. The van der Waals surface area contributed by atoms with Crippen molar-refractivity contribution in [1.29, 1.82) is 0 Å². The van der Waals surface area contributed by atoms with Gasteiger partial charge < -0.3 is 15.2 Å². The number of hydrogen-bond acceptors (Lipinski definition) is 4. The largest absolute Gasteiger partial charge is 0.497 e. The number of methoxy groups -OCH3 is 1. The first-order valence-electron chi connectivity index (χ1n) is 9.97. The van der Waals surface area contributed by atoms with Gasteiger partial charge in [0.05, 0.1) is 19.2 Å². The van der Waals surface area contributed by atoms with Crippen molar-refractivity contribution in [3.8, 4) is 5.75 Å². The van der Waals surface area contributed by atoms with E-state index in [9.17, 15) is 9.59 Å². The number of carbonyl (C=O) groups excluding carboxylic acids is 1. The average molecular weight is 396 g/mol. The first kappa shape index (κ1) is 20.9. The zero-order valence-electron chi connectivity index (χ0n) is 16.8. The second kappa shape index (κ2) is 10.1. The molecule has 1 amide bonds. The van der Waals surface area contributed by atoms with Gasteiger partial charge in [-0.15, -0.1) is 0 Å². The van der Waals surface area contributed by atoms with E-state index >= 15 is 0 Å². The Balaban J connectivity index is 1.38. The molecule has 1 fully saturated rings. The lowest BCUT2D eigenvalue weighted by molar-refractivity contribution is -0.122. The van der Waals surface area contributed by atoms with Gasteiger partial charge in [0.2, 0.25) is 5.91 Å². The monoisotopic (exact) mass is 396 g/mol. The average Bonchev–Trinajstić information content (AvgIpc) is 3.15. The minimum absolute atomic E-state index is 0.0482. The van der Waals surface area contributed by atoms with Crippen LogP contribution >= 0.6 is 0 Å². The molecule has 0 aliphatic carbocycles. The lowest BCUT2D eigenvalue weighted by atomic mass is 9.97. The third-order valence-electron chi connectivity index (χ3n) is 5.33. The van der Waals surface area contributed by atoms with Crippen molar-refractivity contribution in [3.05, 3.63) is 65.2 Å². The molecule has 0 aromatic heterocycles. The fourth-order valence-electron chi connectivity index (χ4n) is 3.79. The number of carboxylic acids is 1. The van der Waals surface area contributed by atoms with E-state index in [-0.39, 0.29) is 5.91 Å². The quantitative estimate of drug-likeness (QED) is 0.681. The molecule has 1 heterocycles. The fourth-order valence-corrected chi connectivity index (χ4v) is 3.79. The highest BCUT2D eigenvalue weighted by atomic mass is 16.5. The molecule has 29 heavy (non-hydrogen) atoms. The van der Waals surface area contributed by atoms with Gasteiger partial charge in [-0.2, -0.15) is 0 Å². The van der Waals surface area contributed by atoms with E-state index in [0.717, 1.165) is 49.2 Å². The van der Waals surface area contributed by atoms with Crippen LogP contribution in [0.25, 0.3) is 0 Å². The van der Waals surface area contributed by atoms with Gasteiger partial charge in [0.25, 0.3) is 0 Å². The van der Waals surface area contributed by atoms with E-state index in [1.54, 1.807) is 25.3 Å². The van der Waals surface area contributed by atoms with Crippen molar-refractivity contribution in [2.24, 2.45) is 5.92 Å². The fraction of sp³-hybridized carbons (Fsp3) is 0.391. The summed E-state index contributed by atoms with van der Waals surface area (Å²) in [6.45, 7) is 2.79. The number of benzene rings is 2. The van der Waals surface area contributed by atoms with Gasteiger partial charge in [-0.25, -0.2) is 4.79 Å². The summed E-state index contributed by atoms with van der Waals surface area (Å²) in [6, 6.07) is 15.0. The molecule has 0 spiro atoms. The summed E-state index contributed by atoms with van der Waals surface area (Å²) in [4.78, 5) is 25.5. The van der Waals surface area contributed by atoms with Crippen LogP contribution in [0.2, 0.25) is 0 Å². The number of hydrogen-bond donors (Lipinski definition) is 2. The number of amides is 1. The molecule has 6 heteroatoms. The summed E-state index contributed by atoms with van der Waals surface area (Å²) in [5.41, 5.74) is 2.53. The van der Waals surface area contributed by atoms with Crippen LogP contribution in [0.4, 0.5) is 0 Å². The summed E-state index contributed by atoms with van der Waals surface area (Å²) in [6.07, 6.45) is 2.66. The minimum atomic E-state index is -0.897. The van der Waals surface area contributed by atoms with Crippen LogP contribution < -0.4 is 10.1 Å². The minimum Gasteiger partial charge on any atom is -0.497 e. The number of carbonyl (C=O) groups is 2. The van der Waals surface area contributed by atoms with Gasteiger partial charge in [-0.3, -0.25) is 9.69 Å². The number of likely N-dealkylation sites (tertiary alicyclic amines) is 1. The molecule has 2 N–H and O–H groups in total. The van der Waals surface area contributed by atoms with E-state index < -0.39 is 5.97 Å². The maximum Gasteiger partial charge on any atom is 0.335 e. The first-order chi connectivity index (χ1) is 14.0. The van der Waals surface area contributed by atoms with E-state index in [2.05, 4.69) is 10.2 Å². The maximum atomic E-state index is 12.2. The Hall–Kier alpha value is -2.86. The SMILES string of the molecule is COc1ccc(CCNC(=O)CN2CCC(Cc3cccc(C(=O)O)c3)C2)cc1. The van der Waals surface area contributed by atoms with Gasteiger partial charge in [0.1, 0.15) is 5.75 Å². The molecular formula is C23H28N2O4. The molecule has 6 nitrogen and oxygen atoms in total. The molecule has 2 aromatic carbocycles. The van der Waals surface area contributed by atoms with Gasteiger partial charge in [-0.1, -0.05) is 24.3 Å². The lowest BCUT2D eigenvalue weighted by Crippen LogP contribution is -2.37. The maximum absolute atomic E-state index is 12.2. The predicted octanol–water partition coefficient (Wildman–Crippen LogP) is 2.62. The molecule has 0 radical (unpaired) electrons. The number of aromatic carboxylic acids is 1. The Labute approximate surface area is 171 Å². The number of rotatable bonds is 9. The molecule has 1 saturated heterocycles. The van der Waals surface area contributed by atoms with E-state index in [4.69, 9.17) is 9.84 Å². The number of carboxylic acid groups (broad SMARTS) is 1. The van der Waals surface area contributed by atoms with E-state index in [1.807, 2.05) is 30.3 Å². The summed E-state index contributed by atoms with van der Waals surface area (Å²) in [5, 5.41) is 12.1. The summed E-state index contributed by atoms with van der Waals surface area (Å²) >= 11 is 0. The van der Waals surface area contributed by atoms with Crippen molar-refractivity contribution in [2.45, 2.75) is 19.3 Å². The molecule has 154 valence electrons. The molecule has 0 saturated carbocycles. The summed E-state index contributed by atoms with van der Waals surface area (Å²) in [5.74, 6) is 0.431. The third-order valence-corrected chi connectivity index (χ3v) is 5.33. The Morgan fingerprint density at radius 2 is 1.97 bits per heavy atom. The highest BCUT2D eigenvalue weighted by molar-refractivity contribution is 5.87. The molecule has 0 bridgehead atoms. The van der Waals surface area contributed by atoms with E-state index in [1.165, 1.54) is 0 Å². The molecule has 2 aromatic rings. The molecule has 3 rings (SSSR count). The molecule has 1 unspecified atom stereocenters. The van der Waals surface area contributed by atoms with Crippen LogP contribution in [-0.2, 0) is 17.6 Å². The van der Waals surface area contributed by atoms with Crippen molar-refractivity contribution >= 4 is 11.9 Å². The smallest absolute Gasteiger partial charge is 0.335 e. The second-order valence-electron chi connectivity index (χ2n) is 7.55. The van der Waals surface area contributed by atoms with Gasteiger partial charge in [0.15, 0.2) is 0 Å². The Morgan fingerprint density at radius 1 is 1.17 bits per heavy atom. The zero-order chi connectivity index (χ0) is 20.6. The van der Waals surface area contributed by atoms with Crippen LogP contribution in [0.5, 0.6) is 5.75 Å². The molecule has 1 atom stereocenters. The predicted molar refractivity (Wildman–Crippen MR) is 111 cm³/mol. The Morgan fingerprint density at radius 3 is 2.69 bits per heavy atom. The van der Waals surface area contributed by atoms with Crippen LogP contribution in [0.3, 0.4) is 0 Å². The highest BCUT2D eigenvalue weighted by Gasteiger charge is 2.24. The zero-order valence-corrected chi connectivity index (χ0v) is 16.8. The second-order valence-corrected chi connectivity index (χ2v) is 7.55. The van der Waals surface area contributed by atoms with Crippen molar-refractivity contribution in [1.82, 2.24) is 10.2 Å². The Kier molecular flexibility index (Phi) is 7.25. The van der Waals surface area contributed by atoms with Crippen molar-refractivity contribution in [3.63, 3.8) is 0 Å². The standard InChI is InChI=1S/C23H28N2O4/c1-29-21-7-5-17(6-8-21)9-11-24-22(26)16-25-12-10-19(15-25)13-18-3-2-4-20(14-18)23(27)28/h2-8,14,19H,9-13,15-16H2,1H3,(H,24,26)(H,27,28). The summed E-state index contributed by atoms with van der Waals surface area (Å²) in [7, 11) is 1.64. The number of nitrogens with zero attached hydrogens (tertiary/aromatic N) is 1. The van der Waals surface area contributed by atoms with Crippen molar-refractivity contribution < 1.29 is 19.4 Å². The number of ether oxygens (including phenoxy) is 1. The topological polar surface area (TPSA) is 78.9 Å². The van der Waals surface area contributed by atoms with Crippen LogP contribution in [0.1, 0.15) is 27.9 Å². The van der Waals surface area contributed by atoms with Crippen LogP contribution in [0, 0.1) is 5.92 Å². The molecular weight excluding hydrogens is 368 g/mol. The first-order valence-corrected chi connectivity index (χ1v) is 9.97. The van der Waals surface area contributed by atoms with Gasteiger partial charge in [0, 0.05) is 13.1 Å². The van der Waals surface area contributed by atoms with Gasteiger partial charge in [-0.05, 0) is 67.1 Å². The normalized spacial score (nSPS) is 16.5. The molecule has 1 aliphatic heterocycles. The van der Waals surface area contributed by atoms with E-state index in [0.29, 0.717) is 24.6 Å².